The number of nitro groups is 1. The molecule has 0 bridgehead atoms. The lowest BCUT2D eigenvalue weighted by Crippen LogP contribution is -2.21. The molecular weight excluding hydrogens is 240 g/mol. The van der Waals surface area contributed by atoms with Crippen LogP contribution < -0.4 is 5.73 Å². The number of ether oxygens (including phenoxy) is 2. The summed E-state index contributed by atoms with van der Waals surface area (Å²) in [7, 11) is 1.24. The summed E-state index contributed by atoms with van der Waals surface area (Å²) in [6.45, 7) is 0.456. The Labute approximate surface area is 104 Å². The van der Waals surface area contributed by atoms with E-state index in [1.54, 1.807) is 0 Å². The third-order valence-electron chi connectivity index (χ3n) is 2.22. The first-order valence-electron chi connectivity index (χ1n) is 5.24. The average Bonchev–Trinajstić information content (AvgIpc) is 2.39. The van der Waals surface area contributed by atoms with Crippen LogP contribution >= 0.6 is 0 Å². The first kappa shape index (κ1) is 14.1. The molecule has 1 aromatic rings. The lowest BCUT2D eigenvalue weighted by atomic mass is 10.1. The molecule has 0 spiro atoms. The topological polar surface area (TPSA) is 105 Å². The van der Waals surface area contributed by atoms with Crippen LogP contribution in [0.2, 0.25) is 0 Å². The fourth-order valence-corrected chi connectivity index (χ4v) is 1.36. The highest BCUT2D eigenvalue weighted by Gasteiger charge is 2.22. The Morgan fingerprint density at radius 1 is 1.44 bits per heavy atom. The van der Waals surface area contributed by atoms with Gasteiger partial charge in [0, 0.05) is 18.7 Å². The Bertz CT molecular complexity index is 418. The molecule has 1 aromatic carbocycles. The number of nitrogens with two attached hydrogens (primary N) is 1. The Morgan fingerprint density at radius 3 is 2.50 bits per heavy atom. The van der Waals surface area contributed by atoms with Crippen molar-refractivity contribution < 1.29 is 19.2 Å². The zero-order valence-electron chi connectivity index (χ0n) is 9.87. The Morgan fingerprint density at radius 2 is 2.06 bits per heavy atom. The fourth-order valence-electron chi connectivity index (χ4n) is 1.36. The largest absolute Gasteiger partial charge is 0.467 e. The van der Waals surface area contributed by atoms with Gasteiger partial charge in [-0.15, -0.1) is 0 Å². The second kappa shape index (κ2) is 6.67. The number of nitrogens with zero attached hydrogens (tertiary/aromatic N) is 1. The Balaban J connectivity index is 2.90. The number of carbonyl (C=O) groups excluding carboxylic acids is 1. The summed E-state index contributed by atoms with van der Waals surface area (Å²) in [6.07, 6.45) is -0.917. The summed E-state index contributed by atoms with van der Waals surface area (Å²) in [5.41, 5.74) is 5.73. The third-order valence-corrected chi connectivity index (χ3v) is 2.22. The number of nitro benzene ring substituents is 1. The van der Waals surface area contributed by atoms with Crippen LogP contribution in [0.3, 0.4) is 0 Å². The van der Waals surface area contributed by atoms with E-state index in [4.69, 9.17) is 10.5 Å². The zero-order valence-corrected chi connectivity index (χ0v) is 9.87. The number of non-ortho nitro benzene ring substituents is 1. The molecule has 0 aromatic heterocycles. The van der Waals surface area contributed by atoms with Crippen LogP contribution in [0.4, 0.5) is 5.69 Å². The van der Waals surface area contributed by atoms with Gasteiger partial charge in [0.05, 0.1) is 18.6 Å². The minimum absolute atomic E-state index is 0.0545. The van der Waals surface area contributed by atoms with Gasteiger partial charge in [-0.05, 0) is 17.7 Å². The van der Waals surface area contributed by atoms with Gasteiger partial charge in [-0.25, -0.2) is 4.79 Å². The second-order valence-electron chi connectivity index (χ2n) is 3.41. The number of rotatable bonds is 6. The number of methoxy groups -OCH3 is 1. The van der Waals surface area contributed by atoms with E-state index in [1.165, 1.54) is 31.4 Å². The molecule has 0 amide bonds. The SMILES string of the molecule is COC(=O)C(OCCN)c1ccc([N+](=O)[O-])cc1. The van der Waals surface area contributed by atoms with Crippen molar-refractivity contribution in [3.63, 3.8) is 0 Å². The third kappa shape index (κ3) is 3.51. The van der Waals surface area contributed by atoms with Crippen LogP contribution in [0, 0.1) is 10.1 Å². The predicted octanol–water partition coefficient (Wildman–Crippen LogP) is 0.784. The summed E-state index contributed by atoms with van der Waals surface area (Å²) in [6, 6.07) is 5.51. The zero-order chi connectivity index (χ0) is 13.5. The molecule has 7 nitrogen and oxygen atoms in total. The summed E-state index contributed by atoms with van der Waals surface area (Å²) < 4.78 is 9.86. The molecule has 0 aliphatic rings. The molecule has 0 aliphatic carbocycles. The van der Waals surface area contributed by atoms with Gasteiger partial charge in [-0.3, -0.25) is 10.1 Å². The maximum atomic E-state index is 11.5. The first-order valence-corrected chi connectivity index (χ1v) is 5.24. The van der Waals surface area contributed by atoms with E-state index >= 15 is 0 Å². The molecule has 0 aliphatic heterocycles. The Hall–Kier alpha value is -1.99. The maximum absolute atomic E-state index is 11.5. The maximum Gasteiger partial charge on any atom is 0.339 e. The minimum atomic E-state index is -0.917. The number of carbonyl (C=O) groups is 1. The first-order chi connectivity index (χ1) is 8.60. The van der Waals surface area contributed by atoms with Crippen molar-refractivity contribution in [1.29, 1.82) is 0 Å². The molecular formula is C11H14N2O5. The molecule has 0 saturated carbocycles. The van der Waals surface area contributed by atoms with Gasteiger partial charge in [0.15, 0.2) is 6.10 Å². The van der Waals surface area contributed by atoms with E-state index in [1.807, 2.05) is 0 Å². The monoisotopic (exact) mass is 254 g/mol. The van der Waals surface area contributed by atoms with E-state index in [0.717, 1.165) is 0 Å². The van der Waals surface area contributed by atoms with Crippen LogP contribution in [0.25, 0.3) is 0 Å². The van der Waals surface area contributed by atoms with Crippen molar-refractivity contribution in [2.45, 2.75) is 6.10 Å². The predicted molar refractivity (Wildman–Crippen MR) is 62.9 cm³/mol. The minimum Gasteiger partial charge on any atom is -0.467 e. The van der Waals surface area contributed by atoms with Crippen molar-refractivity contribution >= 4 is 11.7 Å². The quantitative estimate of drug-likeness (QED) is 0.457. The van der Waals surface area contributed by atoms with Crippen molar-refractivity contribution in [2.24, 2.45) is 5.73 Å². The van der Waals surface area contributed by atoms with Gasteiger partial charge >= 0.3 is 5.97 Å². The highest BCUT2D eigenvalue weighted by atomic mass is 16.6. The van der Waals surface area contributed by atoms with Gasteiger partial charge in [0.1, 0.15) is 0 Å². The molecule has 0 saturated heterocycles. The molecule has 18 heavy (non-hydrogen) atoms. The highest BCUT2D eigenvalue weighted by Crippen LogP contribution is 2.21. The standard InChI is InChI=1S/C11H14N2O5/c1-17-11(14)10(18-7-6-12)8-2-4-9(5-3-8)13(15)16/h2-5,10H,6-7,12H2,1H3. The van der Waals surface area contributed by atoms with E-state index in [-0.39, 0.29) is 18.8 Å². The van der Waals surface area contributed by atoms with Crippen molar-refractivity contribution in [3.8, 4) is 0 Å². The summed E-state index contributed by atoms with van der Waals surface area (Å²) in [5, 5.41) is 10.5. The normalized spacial score (nSPS) is 11.9. The molecule has 2 N–H and O–H groups in total. The van der Waals surface area contributed by atoms with Gasteiger partial charge in [-0.1, -0.05) is 0 Å². The van der Waals surface area contributed by atoms with Crippen LogP contribution in [0.5, 0.6) is 0 Å². The van der Waals surface area contributed by atoms with E-state index in [9.17, 15) is 14.9 Å². The van der Waals surface area contributed by atoms with E-state index in [2.05, 4.69) is 4.74 Å². The fraction of sp³-hybridized carbons (Fsp3) is 0.364. The van der Waals surface area contributed by atoms with Crippen molar-refractivity contribution in [3.05, 3.63) is 39.9 Å². The lowest BCUT2D eigenvalue weighted by Gasteiger charge is -2.15. The number of hydrogen-bond acceptors (Lipinski definition) is 6. The van der Waals surface area contributed by atoms with Crippen molar-refractivity contribution in [1.82, 2.24) is 0 Å². The second-order valence-corrected chi connectivity index (χ2v) is 3.41. The summed E-state index contributed by atoms with van der Waals surface area (Å²) in [5.74, 6) is -0.572. The number of benzene rings is 1. The van der Waals surface area contributed by atoms with Crippen LogP contribution in [-0.4, -0.2) is 31.2 Å². The van der Waals surface area contributed by atoms with Crippen LogP contribution in [0.15, 0.2) is 24.3 Å². The van der Waals surface area contributed by atoms with Gasteiger partial charge in [0.2, 0.25) is 0 Å². The van der Waals surface area contributed by atoms with Crippen LogP contribution in [0.1, 0.15) is 11.7 Å². The van der Waals surface area contributed by atoms with Crippen molar-refractivity contribution in [2.75, 3.05) is 20.3 Å². The van der Waals surface area contributed by atoms with Gasteiger partial charge in [0.25, 0.3) is 5.69 Å². The number of esters is 1. The van der Waals surface area contributed by atoms with Crippen LogP contribution in [-0.2, 0) is 14.3 Å². The summed E-state index contributed by atoms with van der Waals surface area (Å²) >= 11 is 0. The molecule has 1 unspecified atom stereocenters. The molecule has 1 rings (SSSR count). The Kier molecular flexibility index (Phi) is 5.22. The van der Waals surface area contributed by atoms with E-state index < -0.39 is 17.0 Å². The molecule has 98 valence electrons. The smallest absolute Gasteiger partial charge is 0.339 e. The highest BCUT2D eigenvalue weighted by molar-refractivity contribution is 5.76. The lowest BCUT2D eigenvalue weighted by molar-refractivity contribution is -0.384. The average molecular weight is 254 g/mol. The molecule has 7 heteroatoms. The summed E-state index contributed by atoms with van der Waals surface area (Å²) in [4.78, 5) is 21.5. The molecule has 0 fully saturated rings. The molecule has 1 atom stereocenters. The van der Waals surface area contributed by atoms with E-state index in [0.29, 0.717) is 5.56 Å². The number of hydrogen-bond donors (Lipinski definition) is 1. The molecule has 0 heterocycles. The van der Waals surface area contributed by atoms with Gasteiger partial charge in [-0.2, -0.15) is 0 Å². The molecule has 0 radical (unpaired) electrons. The van der Waals surface area contributed by atoms with Gasteiger partial charge < -0.3 is 15.2 Å².